The molecule has 0 atom stereocenters. The van der Waals surface area contributed by atoms with Gasteiger partial charge in [-0.05, 0) is 43.9 Å². The van der Waals surface area contributed by atoms with Crippen LogP contribution in [0.2, 0.25) is 0 Å². The van der Waals surface area contributed by atoms with Crippen molar-refractivity contribution in [3.8, 4) is 11.3 Å². The second-order valence-corrected chi connectivity index (χ2v) is 10.6. The fourth-order valence-corrected chi connectivity index (χ4v) is 6.32. The van der Waals surface area contributed by atoms with Crippen LogP contribution in [0.15, 0.2) is 35.5 Å². The van der Waals surface area contributed by atoms with Crippen LogP contribution < -0.4 is 16.2 Å². The molecule has 6 rings (SSSR count). The number of carbonyl (C=O) groups is 1. The SMILES string of the molecule is Cc1ccc(S(=O)(=O)NC23CC(C(N)=O)(C2)C3)cc1-c1cnc2c(N)nc(C(F)(F)F)cn12. The van der Waals surface area contributed by atoms with Crippen LogP contribution in [0.3, 0.4) is 0 Å². The maximum absolute atomic E-state index is 13.2. The second-order valence-electron chi connectivity index (χ2n) is 8.88. The summed E-state index contributed by atoms with van der Waals surface area (Å²) in [5, 5.41) is 0. The van der Waals surface area contributed by atoms with Gasteiger partial charge in [-0.25, -0.2) is 23.1 Å². The van der Waals surface area contributed by atoms with Crippen molar-refractivity contribution in [3.05, 3.63) is 41.9 Å². The van der Waals surface area contributed by atoms with Crippen molar-refractivity contribution in [2.45, 2.75) is 42.8 Å². The summed E-state index contributed by atoms with van der Waals surface area (Å²) in [5.74, 6) is -0.827. The van der Waals surface area contributed by atoms with Crippen molar-refractivity contribution in [2.75, 3.05) is 5.73 Å². The minimum Gasteiger partial charge on any atom is -0.381 e. The van der Waals surface area contributed by atoms with Crippen LogP contribution in [0, 0.1) is 12.3 Å². The lowest BCUT2D eigenvalue weighted by atomic mass is 9.39. The molecular formula is C20H19F3N6O3S. The number of sulfonamides is 1. The van der Waals surface area contributed by atoms with Gasteiger partial charge in [-0.15, -0.1) is 0 Å². The third-order valence-corrected chi connectivity index (χ3v) is 8.08. The van der Waals surface area contributed by atoms with Crippen molar-refractivity contribution in [2.24, 2.45) is 11.1 Å². The molecule has 13 heteroatoms. The lowest BCUT2D eigenvalue weighted by Crippen LogP contribution is -2.77. The zero-order valence-electron chi connectivity index (χ0n) is 17.3. The molecule has 2 aromatic heterocycles. The number of aryl methyl sites for hydroxylation is 1. The van der Waals surface area contributed by atoms with E-state index in [-0.39, 0.29) is 16.2 Å². The second kappa shape index (κ2) is 6.44. The number of aromatic nitrogens is 3. The molecule has 3 saturated carbocycles. The number of nitrogens with zero attached hydrogens (tertiary/aromatic N) is 3. The number of hydrogen-bond donors (Lipinski definition) is 3. The van der Waals surface area contributed by atoms with Gasteiger partial charge in [0.05, 0.1) is 22.2 Å². The van der Waals surface area contributed by atoms with Gasteiger partial charge >= 0.3 is 6.18 Å². The number of primary amides is 1. The number of benzene rings is 1. The van der Waals surface area contributed by atoms with Gasteiger partial charge in [-0.2, -0.15) is 13.2 Å². The molecule has 0 unspecified atom stereocenters. The zero-order valence-corrected chi connectivity index (χ0v) is 18.1. The Labute approximate surface area is 186 Å². The van der Waals surface area contributed by atoms with Crippen LogP contribution in [-0.4, -0.2) is 34.2 Å². The highest BCUT2D eigenvalue weighted by Crippen LogP contribution is 2.67. The largest absolute Gasteiger partial charge is 0.434 e. The Hall–Kier alpha value is -3.19. The Morgan fingerprint density at radius 3 is 2.52 bits per heavy atom. The summed E-state index contributed by atoms with van der Waals surface area (Å²) < 4.78 is 69.6. The first-order valence-corrected chi connectivity index (χ1v) is 11.4. The number of imidazole rings is 1. The molecule has 2 heterocycles. The molecule has 1 aromatic carbocycles. The third-order valence-electron chi connectivity index (χ3n) is 6.51. The van der Waals surface area contributed by atoms with Crippen LogP contribution >= 0.6 is 0 Å². The van der Waals surface area contributed by atoms with Gasteiger partial charge in [0, 0.05) is 17.3 Å². The molecule has 0 radical (unpaired) electrons. The van der Waals surface area contributed by atoms with Gasteiger partial charge in [0.15, 0.2) is 17.2 Å². The zero-order chi connectivity index (χ0) is 24.0. The topological polar surface area (TPSA) is 145 Å². The summed E-state index contributed by atoms with van der Waals surface area (Å²) >= 11 is 0. The molecule has 3 aliphatic rings. The van der Waals surface area contributed by atoms with E-state index in [2.05, 4.69) is 14.7 Å². The summed E-state index contributed by atoms with van der Waals surface area (Å²) in [6.45, 7) is 1.70. The number of nitrogens with one attached hydrogen (secondary N) is 1. The number of rotatable bonds is 5. The number of alkyl halides is 3. The first-order chi connectivity index (χ1) is 15.3. The monoisotopic (exact) mass is 480 g/mol. The third kappa shape index (κ3) is 3.17. The molecular weight excluding hydrogens is 461 g/mol. The van der Waals surface area contributed by atoms with Crippen LogP contribution in [0.5, 0.6) is 0 Å². The summed E-state index contributed by atoms with van der Waals surface area (Å²) in [4.78, 5) is 18.9. The van der Waals surface area contributed by atoms with E-state index in [9.17, 15) is 26.4 Å². The molecule has 174 valence electrons. The average Bonchev–Trinajstić information content (AvgIpc) is 3.07. The maximum atomic E-state index is 13.2. The quantitative estimate of drug-likeness (QED) is 0.509. The summed E-state index contributed by atoms with van der Waals surface area (Å²) in [5.41, 5.74) is 9.80. The van der Waals surface area contributed by atoms with Crippen LogP contribution in [0.4, 0.5) is 19.0 Å². The number of carbonyl (C=O) groups excluding carboxylic acids is 1. The van der Waals surface area contributed by atoms with E-state index < -0.39 is 44.6 Å². The highest BCUT2D eigenvalue weighted by Gasteiger charge is 2.72. The van der Waals surface area contributed by atoms with Crippen molar-refractivity contribution in [3.63, 3.8) is 0 Å². The number of amides is 1. The van der Waals surface area contributed by atoms with E-state index in [1.165, 1.54) is 18.3 Å². The maximum Gasteiger partial charge on any atom is 0.434 e. The van der Waals surface area contributed by atoms with E-state index >= 15 is 0 Å². The van der Waals surface area contributed by atoms with Gasteiger partial charge in [-0.1, -0.05) is 6.07 Å². The minimum atomic E-state index is -4.72. The molecule has 5 N–H and O–H groups in total. The lowest BCUT2D eigenvalue weighted by molar-refractivity contribution is -0.172. The molecule has 3 fully saturated rings. The number of nitrogens with two attached hydrogens (primary N) is 2. The van der Waals surface area contributed by atoms with E-state index in [0.717, 1.165) is 10.6 Å². The van der Waals surface area contributed by atoms with Crippen molar-refractivity contribution < 1.29 is 26.4 Å². The van der Waals surface area contributed by atoms with E-state index in [1.54, 1.807) is 13.0 Å². The number of nitrogen functional groups attached to an aromatic ring is 1. The summed E-state index contributed by atoms with van der Waals surface area (Å²) in [6, 6.07) is 4.35. The van der Waals surface area contributed by atoms with Gasteiger partial charge < -0.3 is 11.5 Å². The van der Waals surface area contributed by atoms with Gasteiger partial charge in [-0.3, -0.25) is 9.20 Å². The Morgan fingerprint density at radius 2 is 1.91 bits per heavy atom. The predicted molar refractivity (Wildman–Crippen MR) is 111 cm³/mol. The molecule has 0 spiro atoms. The van der Waals surface area contributed by atoms with Crippen LogP contribution in [0.25, 0.3) is 16.9 Å². The highest BCUT2D eigenvalue weighted by atomic mass is 32.2. The molecule has 1 amide bonds. The standard InChI is InChI=1S/C20H19F3N6O3S/c1-10-2-3-11(33(31,32)28-19-7-18(8-19,9-19)17(25)30)4-12(10)13-5-26-16-15(24)27-14(6-29(13)16)20(21,22)23/h2-6,28H,7-9H2,1H3,(H2,24,27)(H2,25,30). The van der Waals surface area contributed by atoms with E-state index in [4.69, 9.17) is 11.5 Å². The van der Waals surface area contributed by atoms with Gasteiger partial charge in [0.25, 0.3) is 0 Å². The number of halogens is 3. The average molecular weight is 480 g/mol. The Morgan fingerprint density at radius 1 is 1.24 bits per heavy atom. The fraction of sp³-hybridized carbons (Fsp3) is 0.350. The molecule has 0 saturated heterocycles. The molecule has 33 heavy (non-hydrogen) atoms. The Bertz CT molecular complexity index is 1430. The Kier molecular flexibility index (Phi) is 4.23. The number of fused-ring (bicyclic) bond motifs is 1. The summed E-state index contributed by atoms with van der Waals surface area (Å²) in [7, 11) is -3.97. The first kappa shape index (κ1) is 21.6. The normalized spacial score (nSPS) is 24.4. The van der Waals surface area contributed by atoms with E-state index in [0.29, 0.717) is 30.4 Å². The predicted octanol–water partition coefficient (Wildman–Crippen LogP) is 1.99. The smallest absolute Gasteiger partial charge is 0.381 e. The Balaban J connectivity index is 1.53. The molecule has 3 aliphatic carbocycles. The molecule has 0 aliphatic heterocycles. The van der Waals surface area contributed by atoms with Crippen LogP contribution in [-0.2, 0) is 21.0 Å². The fourth-order valence-electron chi connectivity index (χ4n) is 4.89. The van der Waals surface area contributed by atoms with E-state index in [1.807, 2.05) is 0 Å². The minimum absolute atomic E-state index is 0.0226. The highest BCUT2D eigenvalue weighted by molar-refractivity contribution is 7.89. The number of anilines is 1. The van der Waals surface area contributed by atoms with Crippen molar-refractivity contribution in [1.82, 2.24) is 19.1 Å². The number of hydrogen-bond acceptors (Lipinski definition) is 6. The van der Waals surface area contributed by atoms with Crippen molar-refractivity contribution >= 4 is 27.4 Å². The molecule has 2 bridgehead atoms. The first-order valence-electron chi connectivity index (χ1n) is 9.91. The van der Waals surface area contributed by atoms with Gasteiger partial charge in [0.1, 0.15) is 0 Å². The van der Waals surface area contributed by atoms with Crippen molar-refractivity contribution in [1.29, 1.82) is 0 Å². The molecule has 3 aromatic rings. The summed E-state index contributed by atoms with van der Waals surface area (Å²) in [6.07, 6.45) is -1.57. The molecule has 9 nitrogen and oxygen atoms in total. The van der Waals surface area contributed by atoms with Crippen LogP contribution in [0.1, 0.15) is 30.5 Å². The lowest BCUT2D eigenvalue weighted by Gasteiger charge is -2.68. The van der Waals surface area contributed by atoms with Gasteiger partial charge in [0.2, 0.25) is 15.9 Å².